The molecule has 0 saturated heterocycles. The van der Waals surface area contributed by atoms with Crippen molar-refractivity contribution in [3.63, 3.8) is 0 Å². The van der Waals surface area contributed by atoms with Gasteiger partial charge in [0.1, 0.15) is 11.4 Å². The van der Waals surface area contributed by atoms with Crippen LogP contribution < -0.4 is 5.32 Å². The number of hydrogen-bond acceptors (Lipinski definition) is 3. The number of nitrogens with one attached hydrogen (secondary N) is 1. The second-order valence-electron chi connectivity index (χ2n) is 4.20. The summed E-state index contributed by atoms with van der Waals surface area (Å²) in [6.07, 6.45) is 0. The highest BCUT2D eigenvalue weighted by Gasteiger charge is 2.26. The maximum atomic E-state index is 13.0. The third-order valence-electron chi connectivity index (χ3n) is 2.44. The molecule has 0 amide bonds. The van der Waals surface area contributed by atoms with Gasteiger partial charge in [-0.2, -0.15) is 5.26 Å². The van der Waals surface area contributed by atoms with Gasteiger partial charge in [0, 0.05) is 6.54 Å². The van der Waals surface area contributed by atoms with Gasteiger partial charge in [-0.1, -0.05) is 0 Å². The van der Waals surface area contributed by atoms with Gasteiger partial charge < -0.3 is 5.11 Å². The Morgan fingerprint density at radius 1 is 1.59 bits per heavy atom. The molecule has 0 unspecified atom stereocenters. The van der Waals surface area contributed by atoms with Gasteiger partial charge in [-0.15, -0.1) is 0 Å². The van der Waals surface area contributed by atoms with E-state index in [4.69, 9.17) is 10.4 Å². The van der Waals surface area contributed by atoms with E-state index in [1.165, 1.54) is 32.0 Å². The molecule has 2 N–H and O–H groups in total. The van der Waals surface area contributed by atoms with Gasteiger partial charge in [-0.3, -0.25) is 10.1 Å². The lowest BCUT2D eigenvalue weighted by molar-refractivity contribution is -0.143. The number of hydrogen-bond donors (Lipinski definition) is 2. The third-order valence-corrected chi connectivity index (χ3v) is 2.44. The number of halogens is 1. The lowest BCUT2D eigenvalue weighted by Crippen LogP contribution is -2.46. The van der Waals surface area contributed by atoms with E-state index >= 15 is 0 Å². The number of nitriles is 1. The Bertz CT molecular complexity index is 478. The number of aliphatic carboxylic acids is 1. The summed E-state index contributed by atoms with van der Waals surface area (Å²) in [5, 5.41) is 20.5. The van der Waals surface area contributed by atoms with Crippen LogP contribution in [0.2, 0.25) is 0 Å². The van der Waals surface area contributed by atoms with Gasteiger partial charge >= 0.3 is 5.97 Å². The number of rotatable bonds is 4. The fraction of sp³-hybridized carbons (Fsp3) is 0.333. The zero-order chi connectivity index (χ0) is 13.1. The van der Waals surface area contributed by atoms with Gasteiger partial charge in [0.15, 0.2) is 0 Å². The predicted octanol–water partition coefficient (Wildman–Crippen LogP) is 1.65. The highest BCUT2D eigenvalue weighted by molar-refractivity contribution is 5.77. The molecule has 0 atom stereocenters. The Hall–Kier alpha value is -1.93. The zero-order valence-corrected chi connectivity index (χ0v) is 9.62. The van der Waals surface area contributed by atoms with Gasteiger partial charge in [-0.25, -0.2) is 4.39 Å². The first-order valence-electron chi connectivity index (χ1n) is 5.04. The minimum Gasteiger partial charge on any atom is -0.480 e. The maximum Gasteiger partial charge on any atom is 0.323 e. The molecule has 0 spiro atoms. The van der Waals surface area contributed by atoms with Crippen molar-refractivity contribution >= 4 is 5.97 Å². The van der Waals surface area contributed by atoms with Crippen molar-refractivity contribution in [1.82, 2.24) is 5.32 Å². The Morgan fingerprint density at radius 2 is 2.24 bits per heavy atom. The summed E-state index contributed by atoms with van der Waals surface area (Å²) in [4.78, 5) is 10.9. The molecule has 90 valence electrons. The molecule has 4 nitrogen and oxygen atoms in total. The SMILES string of the molecule is CC(C)(NCc1cc(F)ccc1C#N)C(=O)O. The lowest BCUT2D eigenvalue weighted by Gasteiger charge is -2.21. The fourth-order valence-electron chi connectivity index (χ4n) is 1.21. The maximum absolute atomic E-state index is 13.0. The van der Waals surface area contributed by atoms with Crippen LogP contribution in [0.1, 0.15) is 25.0 Å². The topological polar surface area (TPSA) is 73.1 Å². The van der Waals surface area contributed by atoms with Crippen molar-refractivity contribution in [2.75, 3.05) is 0 Å². The number of nitrogens with zero attached hydrogens (tertiary/aromatic N) is 1. The van der Waals surface area contributed by atoms with E-state index in [9.17, 15) is 9.18 Å². The van der Waals surface area contributed by atoms with Crippen LogP contribution in [-0.2, 0) is 11.3 Å². The first-order valence-corrected chi connectivity index (χ1v) is 5.04. The Kier molecular flexibility index (Phi) is 3.81. The second kappa shape index (κ2) is 4.93. The van der Waals surface area contributed by atoms with Crippen LogP contribution in [0.4, 0.5) is 4.39 Å². The summed E-state index contributed by atoms with van der Waals surface area (Å²) in [5.41, 5.74) is -0.346. The van der Waals surface area contributed by atoms with Crippen molar-refractivity contribution in [1.29, 1.82) is 5.26 Å². The number of carboxylic acids is 1. The predicted molar refractivity (Wildman–Crippen MR) is 59.7 cm³/mol. The first-order chi connectivity index (χ1) is 7.86. The average Bonchev–Trinajstić information content (AvgIpc) is 2.26. The van der Waals surface area contributed by atoms with E-state index in [1.54, 1.807) is 0 Å². The molecule has 0 aliphatic carbocycles. The normalized spacial score (nSPS) is 10.9. The summed E-state index contributed by atoms with van der Waals surface area (Å²) in [6, 6.07) is 5.73. The molecular weight excluding hydrogens is 223 g/mol. The molecular formula is C12H13FN2O2. The van der Waals surface area contributed by atoms with Crippen LogP contribution in [0.3, 0.4) is 0 Å². The van der Waals surface area contributed by atoms with E-state index in [1.807, 2.05) is 6.07 Å². The third kappa shape index (κ3) is 3.26. The van der Waals surface area contributed by atoms with Crippen LogP contribution in [0.15, 0.2) is 18.2 Å². The minimum atomic E-state index is -1.13. The molecule has 0 saturated carbocycles. The number of carbonyl (C=O) groups is 1. The van der Waals surface area contributed by atoms with Crippen molar-refractivity contribution < 1.29 is 14.3 Å². The summed E-state index contributed by atoms with van der Waals surface area (Å²) in [6.45, 7) is 3.13. The fourth-order valence-corrected chi connectivity index (χ4v) is 1.21. The standard InChI is InChI=1S/C12H13FN2O2/c1-12(2,11(16)17)15-7-9-5-10(13)4-3-8(9)6-14/h3-5,15H,7H2,1-2H3,(H,16,17). The van der Waals surface area contributed by atoms with Gasteiger partial charge in [-0.05, 0) is 37.6 Å². The van der Waals surface area contributed by atoms with E-state index in [-0.39, 0.29) is 6.54 Å². The van der Waals surface area contributed by atoms with Crippen molar-refractivity contribution in [2.24, 2.45) is 0 Å². The van der Waals surface area contributed by atoms with E-state index in [0.717, 1.165) is 0 Å². The zero-order valence-electron chi connectivity index (χ0n) is 9.62. The van der Waals surface area contributed by atoms with E-state index < -0.39 is 17.3 Å². The molecule has 0 fully saturated rings. The van der Waals surface area contributed by atoms with Crippen LogP contribution in [0.25, 0.3) is 0 Å². The molecule has 1 rings (SSSR count). The average molecular weight is 236 g/mol. The van der Waals surface area contributed by atoms with Crippen molar-refractivity contribution in [3.8, 4) is 6.07 Å². The molecule has 1 aromatic rings. The molecule has 1 aromatic carbocycles. The smallest absolute Gasteiger partial charge is 0.323 e. The summed E-state index contributed by atoms with van der Waals surface area (Å²) < 4.78 is 13.0. The quantitative estimate of drug-likeness (QED) is 0.833. The summed E-state index contributed by atoms with van der Waals surface area (Å²) >= 11 is 0. The summed E-state index contributed by atoms with van der Waals surface area (Å²) in [7, 11) is 0. The molecule has 5 heteroatoms. The largest absolute Gasteiger partial charge is 0.480 e. The van der Waals surface area contributed by atoms with Gasteiger partial charge in [0.05, 0.1) is 11.6 Å². The second-order valence-corrected chi connectivity index (χ2v) is 4.20. The number of carboxylic acid groups (broad SMARTS) is 1. The van der Waals surface area contributed by atoms with Crippen molar-refractivity contribution in [2.45, 2.75) is 25.9 Å². The minimum absolute atomic E-state index is 0.125. The molecule has 17 heavy (non-hydrogen) atoms. The molecule has 0 radical (unpaired) electrons. The van der Waals surface area contributed by atoms with Crippen LogP contribution in [0, 0.1) is 17.1 Å². The van der Waals surface area contributed by atoms with Crippen LogP contribution in [-0.4, -0.2) is 16.6 Å². The lowest BCUT2D eigenvalue weighted by atomic mass is 10.0. The van der Waals surface area contributed by atoms with Crippen molar-refractivity contribution in [3.05, 3.63) is 35.1 Å². The van der Waals surface area contributed by atoms with Gasteiger partial charge in [0.2, 0.25) is 0 Å². The van der Waals surface area contributed by atoms with Gasteiger partial charge in [0.25, 0.3) is 0 Å². The Labute approximate surface area is 98.7 Å². The Balaban J connectivity index is 2.86. The summed E-state index contributed by atoms with van der Waals surface area (Å²) in [5.74, 6) is -1.46. The van der Waals surface area contributed by atoms with Crippen LogP contribution in [0.5, 0.6) is 0 Å². The van der Waals surface area contributed by atoms with Crippen LogP contribution >= 0.6 is 0 Å². The van der Waals surface area contributed by atoms with E-state index in [0.29, 0.717) is 11.1 Å². The molecule has 0 aliphatic rings. The number of benzene rings is 1. The first kappa shape index (κ1) is 13.1. The highest BCUT2D eigenvalue weighted by Crippen LogP contribution is 2.12. The molecule has 0 heterocycles. The molecule has 0 aliphatic heterocycles. The monoisotopic (exact) mass is 236 g/mol. The Morgan fingerprint density at radius 3 is 2.76 bits per heavy atom. The highest BCUT2D eigenvalue weighted by atomic mass is 19.1. The van der Waals surface area contributed by atoms with E-state index in [2.05, 4.69) is 5.32 Å². The molecule has 0 bridgehead atoms. The molecule has 0 aromatic heterocycles.